The number of nitrogens with zero attached hydrogens (tertiary/aromatic N) is 2. The predicted octanol–water partition coefficient (Wildman–Crippen LogP) is 2.91. The van der Waals surface area contributed by atoms with Gasteiger partial charge in [-0.15, -0.1) is 0 Å². The molecule has 0 fully saturated rings. The molecule has 2 aliphatic rings. The molecule has 0 bridgehead atoms. The molecule has 1 aromatic carbocycles. The molecule has 2 aromatic rings. The summed E-state index contributed by atoms with van der Waals surface area (Å²) < 4.78 is 12.3. The molecule has 0 saturated heterocycles. The lowest BCUT2D eigenvalue weighted by atomic mass is 9.99. The number of benzene rings is 1. The van der Waals surface area contributed by atoms with Crippen LogP contribution in [0.3, 0.4) is 0 Å². The van der Waals surface area contributed by atoms with E-state index in [2.05, 4.69) is 15.6 Å². The van der Waals surface area contributed by atoms with Gasteiger partial charge < -0.3 is 24.7 Å². The number of carbonyl (C=O) groups is 4. The molecule has 0 radical (unpaired) electrons. The molecule has 36 heavy (non-hydrogen) atoms. The third-order valence-corrected chi connectivity index (χ3v) is 6.03. The normalized spacial score (nSPS) is 17.6. The van der Waals surface area contributed by atoms with Crippen molar-refractivity contribution in [1.29, 1.82) is 0 Å². The smallest absolute Gasteiger partial charge is 0.408 e. The van der Waals surface area contributed by atoms with Crippen LogP contribution in [0, 0.1) is 0 Å². The number of ether oxygens (including phenoxy) is 2. The van der Waals surface area contributed by atoms with E-state index in [1.165, 1.54) is 6.08 Å². The molecular weight excluding hydrogens is 464 g/mol. The number of hydrogen-bond donors (Lipinski definition) is 2. The lowest BCUT2D eigenvalue weighted by Crippen LogP contribution is -2.50. The van der Waals surface area contributed by atoms with Gasteiger partial charge in [-0.2, -0.15) is 0 Å². The first-order chi connectivity index (χ1) is 17.0. The van der Waals surface area contributed by atoms with Crippen molar-refractivity contribution in [3.8, 4) is 5.75 Å². The van der Waals surface area contributed by atoms with Gasteiger partial charge in [0.15, 0.2) is 0 Å². The number of carbonyl (C=O) groups excluding carboxylic acids is 4. The molecule has 190 valence electrons. The van der Waals surface area contributed by atoms with Crippen molar-refractivity contribution in [2.45, 2.75) is 64.8 Å². The van der Waals surface area contributed by atoms with Gasteiger partial charge in [-0.25, -0.2) is 9.78 Å². The van der Waals surface area contributed by atoms with E-state index < -0.39 is 29.7 Å². The van der Waals surface area contributed by atoms with Crippen LogP contribution in [0.1, 0.15) is 72.5 Å². The maximum atomic E-state index is 13.4. The molecule has 10 nitrogen and oxygen atoms in total. The number of amides is 2. The van der Waals surface area contributed by atoms with Crippen LogP contribution in [0.15, 0.2) is 35.9 Å². The summed E-state index contributed by atoms with van der Waals surface area (Å²) in [6.45, 7) is 7.26. The highest BCUT2D eigenvalue weighted by atomic mass is 16.6. The van der Waals surface area contributed by atoms with Gasteiger partial charge in [0.2, 0.25) is 17.5 Å². The summed E-state index contributed by atoms with van der Waals surface area (Å²) in [5.41, 5.74) is 0.831. The minimum atomic E-state index is -0.931. The van der Waals surface area contributed by atoms with Crippen LogP contribution in [0.25, 0.3) is 0 Å². The van der Waals surface area contributed by atoms with E-state index >= 15 is 0 Å². The fourth-order valence-electron chi connectivity index (χ4n) is 4.33. The molecule has 2 heterocycles. The minimum absolute atomic E-state index is 0.112. The number of imidazole rings is 1. The Balaban J connectivity index is 1.54. The third kappa shape index (κ3) is 5.17. The Morgan fingerprint density at radius 2 is 1.89 bits per heavy atom. The van der Waals surface area contributed by atoms with E-state index in [9.17, 15) is 19.2 Å². The Kier molecular flexibility index (Phi) is 6.71. The van der Waals surface area contributed by atoms with Crippen molar-refractivity contribution >= 4 is 23.6 Å². The second kappa shape index (κ2) is 9.60. The first-order valence-corrected chi connectivity index (χ1v) is 11.8. The van der Waals surface area contributed by atoms with Gasteiger partial charge >= 0.3 is 6.09 Å². The summed E-state index contributed by atoms with van der Waals surface area (Å²) in [6, 6.07) is 5.75. The zero-order valence-corrected chi connectivity index (χ0v) is 21.0. The molecular formula is C26H30N4O6. The molecule has 2 N–H and O–H groups in total. The van der Waals surface area contributed by atoms with Crippen molar-refractivity contribution in [2.24, 2.45) is 0 Å². The number of methoxy groups -OCH3 is 1. The number of hydrogen-bond acceptors (Lipinski definition) is 7. The molecule has 1 aliphatic carbocycles. The first kappa shape index (κ1) is 25.2. The summed E-state index contributed by atoms with van der Waals surface area (Å²) in [7, 11) is 1.57. The Morgan fingerprint density at radius 1 is 1.19 bits per heavy atom. The average molecular weight is 495 g/mol. The fourth-order valence-corrected chi connectivity index (χ4v) is 4.33. The largest absolute Gasteiger partial charge is 0.497 e. The highest BCUT2D eigenvalue weighted by Gasteiger charge is 2.38. The van der Waals surface area contributed by atoms with Crippen molar-refractivity contribution in [2.75, 3.05) is 7.11 Å². The summed E-state index contributed by atoms with van der Waals surface area (Å²) in [4.78, 5) is 55.4. The van der Waals surface area contributed by atoms with Crippen LogP contribution in [-0.2, 0) is 22.5 Å². The van der Waals surface area contributed by atoms with Crippen LogP contribution < -0.4 is 15.4 Å². The number of allylic oxidation sites excluding steroid dienone is 2. The van der Waals surface area contributed by atoms with E-state index in [1.54, 1.807) is 51.5 Å². The highest BCUT2D eigenvalue weighted by Crippen LogP contribution is 2.32. The van der Waals surface area contributed by atoms with Crippen LogP contribution in [0.5, 0.6) is 5.75 Å². The van der Waals surface area contributed by atoms with E-state index in [1.807, 2.05) is 12.1 Å². The molecule has 0 saturated carbocycles. The number of nitrogens with one attached hydrogen (secondary N) is 2. The van der Waals surface area contributed by atoms with Crippen LogP contribution in [0.2, 0.25) is 0 Å². The molecule has 0 spiro atoms. The summed E-state index contributed by atoms with van der Waals surface area (Å²) in [5.74, 6) is 0.148. The Labute approximate surface area is 209 Å². The van der Waals surface area contributed by atoms with Crippen LogP contribution in [0.4, 0.5) is 4.79 Å². The van der Waals surface area contributed by atoms with Crippen molar-refractivity contribution in [3.63, 3.8) is 0 Å². The molecule has 2 atom stereocenters. The van der Waals surface area contributed by atoms with Crippen LogP contribution in [-0.4, -0.2) is 51.9 Å². The molecule has 1 aromatic heterocycles. The lowest BCUT2D eigenvalue weighted by Gasteiger charge is -2.24. The van der Waals surface area contributed by atoms with E-state index in [0.717, 1.165) is 5.56 Å². The monoisotopic (exact) mass is 494 g/mol. The molecule has 2 amide bonds. The van der Waals surface area contributed by atoms with Crippen molar-refractivity contribution in [1.82, 2.24) is 20.2 Å². The van der Waals surface area contributed by atoms with Gasteiger partial charge in [-0.05, 0) is 57.9 Å². The van der Waals surface area contributed by atoms with Crippen molar-refractivity contribution < 1.29 is 28.7 Å². The minimum Gasteiger partial charge on any atom is -0.497 e. The summed E-state index contributed by atoms with van der Waals surface area (Å²) in [6.07, 6.45) is 1.30. The van der Waals surface area contributed by atoms with Gasteiger partial charge in [0.05, 0.1) is 13.2 Å². The topological polar surface area (TPSA) is 129 Å². The first-order valence-electron chi connectivity index (χ1n) is 11.8. The molecule has 10 heteroatoms. The molecule has 1 aliphatic heterocycles. The highest BCUT2D eigenvalue weighted by molar-refractivity contribution is 6.23. The van der Waals surface area contributed by atoms with E-state index in [4.69, 9.17) is 9.47 Å². The number of fused-ring (bicyclic) bond motifs is 3. The maximum Gasteiger partial charge on any atom is 0.408 e. The van der Waals surface area contributed by atoms with Gasteiger partial charge in [-0.3, -0.25) is 14.4 Å². The molecule has 0 unspecified atom stereocenters. The van der Waals surface area contributed by atoms with Gasteiger partial charge in [0.1, 0.15) is 34.6 Å². The zero-order valence-electron chi connectivity index (χ0n) is 21.0. The van der Waals surface area contributed by atoms with Gasteiger partial charge in [-0.1, -0.05) is 12.1 Å². The predicted molar refractivity (Wildman–Crippen MR) is 130 cm³/mol. The van der Waals surface area contributed by atoms with E-state index in [0.29, 0.717) is 30.1 Å². The summed E-state index contributed by atoms with van der Waals surface area (Å²) in [5, 5.41) is 5.61. The Morgan fingerprint density at radius 3 is 2.53 bits per heavy atom. The standard InChI is InChI=1S/C26H30N4O6/c1-14-12-19(31)20-21(22(14)32)30-11-10-17(23(30)29-20)27-24(33)18(28-25(34)36-26(2,3)4)13-15-6-8-16(35-5)9-7-15/h6-9,12,17-18H,10-11,13H2,1-5H3,(H,27,33)(H,28,34)/t17-,18-/m0/s1. The lowest BCUT2D eigenvalue weighted by molar-refractivity contribution is -0.124. The number of rotatable bonds is 6. The van der Waals surface area contributed by atoms with Crippen molar-refractivity contribution in [3.05, 3.63) is 58.7 Å². The zero-order chi connectivity index (χ0) is 26.2. The number of alkyl carbamates (subject to hydrolysis) is 1. The Bertz CT molecular complexity index is 1250. The average Bonchev–Trinajstić information content (AvgIpc) is 3.36. The number of aromatic nitrogens is 2. The SMILES string of the molecule is COc1ccc(C[C@H](NC(=O)OC(C)(C)C)C(=O)N[C@H]2CCn3c2nc2c3C(=O)C(C)=CC2=O)cc1. The van der Waals surface area contributed by atoms with Crippen LogP contribution >= 0.6 is 0 Å². The number of Topliss-reactive ketones (excluding diaryl/α,β-unsaturated/α-hetero) is 1. The second-order valence-corrected chi connectivity index (χ2v) is 9.94. The summed E-state index contributed by atoms with van der Waals surface area (Å²) >= 11 is 0. The van der Waals surface area contributed by atoms with Gasteiger partial charge in [0, 0.05) is 18.5 Å². The van der Waals surface area contributed by atoms with E-state index in [-0.39, 0.29) is 29.4 Å². The molecule has 4 rings (SSSR count). The number of ketones is 2. The maximum absolute atomic E-state index is 13.4. The third-order valence-electron chi connectivity index (χ3n) is 6.03. The Hall–Kier alpha value is -3.95. The van der Waals surface area contributed by atoms with Gasteiger partial charge in [0.25, 0.3) is 0 Å². The fraction of sp³-hybridized carbons (Fsp3) is 0.423. The second-order valence-electron chi connectivity index (χ2n) is 9.94. The quantitative estimate of drug-likeness (QED) is 0.632.